The summed E-state index contributed by atoms with van der Waals surface area (Å²) in [5.41, 5.74) is 2.08. The van der Waals surface area contributed by atoms with Crippen molar-refractivity contribution < 1.29 is 23.1 Å². The molecule has 0 radical (unpaired) electrons. The molecule has 0 spiro atoms. The lowest BCUT2D eigenvalue weighted by Gasteiger charge is -2.16. The number of carbonyl (C=O) groups is 2. The smallest absolute Gasteiger partial charge is 0.229 e. The molecule has 30 heavy (non-hydrogen) atoms. The largest absolute Gasteiger partial charge is 0.497 e. The summed E-state index contributed by atoms with van der Waals surface area (Å²) in [6, 6.07) is 8.58. The highest BCUT2D eigenvalue weighted by Gasteiger charge is 2.34. The van der Waals surface area contributed by atoms with Gasteiger partial charge < -0.3 is 19.9 Å². The van der Waals surface area contributed by atoms with Gasteiger partial charge in [-0.1, -0.05) is 0 Å². The SMILES string of the molecule is COc1ccc2[nH]cc(CCN3C[C@H](C(=O)Nc4cc(F)cc(F)c4)CC3=O)c2c1. The molecule has 4 rings (SSSR count). The van der Waals surface area contributed by atoms with Crippen molar-refractivity contribution in [2.75, 3.05) is 25.5 Å². The van der Waals surface area contributed by atoms with Crippen molar-refractivity contribution >= 4 is 28.4 Å². The minimum absolute atomic E-state index is 0.0381. The van der Waals surface area contributed by atoms with Crippen LogP contribution in [0.15, 0.2) is 42.6 Å². The predicted octanol–water partition coefficient (Wildman–Crippen LogP) is 3.48. The second-order valence-electron chi connectivity index (χ2n) is 7.36. The van der Waals surface area contributed by atoms with Crippen molar-refractivity contribution in [3.05, 3.63) is 59.8 Å². The van der Waals surface area contributed by atoms with Crippen LogP contribution in [-0.2, 0) is 16.0 Å². The van der Waals surface area contributed by atoms with E-state index in [1.54, 1.807) is 12.0 Å². The van der Waals surface area contributed by atoms with Gasteiger partial charge in [-0.05, 0) is 42.3 Å². The summed E-state index contributed by atoms with van der Waals surface area (Å²) in [6.45, 7) is 0.746. The molecule has 2 N–H and O–H groups in total. The Hall–Kier alpha value is -3.42. The fraction of sp³-hybridized carbons (Fsp3) is 0.273. The number of rotatable bonds is 6. The minimum atomic E-state index is -0.773. The van der Waals surface area contributed by atoms with Crippen LogP contribution < -0.4 is 10.1 Å². The highest BCUT2D eigenvalue weighted by molar-refractivity contribution is 5.97. The standard InChI is InChI=1S/C22H21F2N3O3/c1-30-18-2-3-20-19(10-18)13(11-25-20)4-5-27-12-14(6-21(27)28)22(29)26-17-8-15(23)7-16(24)9-17/h2-3,7-11,14,25H,4-6,12H2,1H3,(H,26,29)/t14-/m1/s1. The maximum atomic E-state index is 13.3. The van der Waals surface area contributed by atoms with E-state index in [0.29, 0.717) is 13.0 Å². The van der Waals surface area contributed by atoms with Crippen molar-refractivity contribution in [1.82, 2.24) is 9.88 Å². The Balaban J connectivity index is 1.38. The third kappa shape index (κ3) is 4.12. The van der Waals surface area contributed by atoms with Crippen molar-refractivity contribution in [1.29, 1.82) is 0 Å². The predicted molar refractivity (Wildman–Crippen MR) is 108 cm³/mol. The van der Waals surface area contributed by atoms with Crippen LogP contribution in [0.25, 0.3) is 10.9 Å². The zero-order valence-corrected chi connectivity index (χ0v) is 16.4. The third-order valence-corrected chi connectivity index (χ3v) is 5.34. The number of aromatic amines is 1. The third-order valence-electron chi connectivity index (χ3n) is 5.34. The van der Waals surface area contributed by atoms with E-state index in [9.17, 15) is 18.4 Å². The van der Waals surface area contributed by atoms with E-state index in [2.05, 4.69) is 10.3 Å². The maximum Gasteiger partial charge on any atom is 0.229 e. The van der Waals surface area contributed by atoms with E-state index in [0.717, 1.165) is 40.4 Å². The van der Waals surface area contributed by atoms with Crippen LogP contribution in [0, 0.1) is 17.6 Å². The first-order valence-electron chi connectivity index (χ1n) is 9.61. The Labute approximate surface area is 171 Å². The van der Waals surface area contributed by atoms with E-state index in [4.69, 9.17) is 4.74 Å². The average Bonchev–Trinajstić information content (AvgIpc) is 3.28. The van der Waals surface area contributed by atoms with Crippen LogP contribution in [0.2, 0.25) is 0 Å². The van der Waals surface area contributed by atoms with Crippen LogP contribution in [0.3, 0.4) is 0 Å². The number of anilines is 1. The molecular weight excluding hydrogens is 392 g/mol. The van der Waals surface area contributed by atoms with Crippen LogP contribution in [-0.4, -0.2) is 41.9 Å². The number of H-pyrrole nitrogens is 1. The molecule has 1 atom stereocenters. The highest BCUT2D eigenvalue weighted by Crippen LogP contribution is 2.26. The van der Waals surface area contributed by atoms with E-state index in [1.165, 1.54) is 0 Å². The Kier molecular flexibility index (Phi) is 5.39. The molecule has 2 aromatic carbocycles. The number of nitrogens with one attached hydrogen (secondary N) is 2. The van der Waals surface area contributed by atoms with Gasteiger partial charge in [-0.25, -0.2) is 8.78 Å². The van der Waals surface area contributed by atoms with E-state index < -0.39 is 23.5 Å². The number of benzene rings is 2. The van der Waals surface area contributed by atoms with Crippen molar-refractivity contribution in [2.24, 2.45) is 5.92 Å². The summed E-state index contributed by atoms with van der Waals surface area (Å²) in [6.07, 6.45) is 2.61. The maximum absolute atomic E-state index is 13.3. The second kappa shape index (κ2) is 8.14. The summed E-state index contributed by atoms with van der Waals surface area (Å²) in [5.74, 6) is -1.89. The average molecular weight is 413 g/mol. The summed E-state index contributed by atoms with van der Waals surface area (Å²) >= 11 is 0. The molecule has 2 amide bonds. The molecule has 3 aromatic rings. The van der Waals surface area contributed by atoms with Gasteiger partial charge in [-0.15, -0.1) is 0 Å². The molecule has 1 aromatic heterocycles. The molecule has 0 aliphatic carbocycles. The Morgan fingerprint density at radius 1 is 1.23 bits per heavy atom. The van der Waals surface area contributed by atoms with Crippen molar-refractivity contribution in [2.45, 2.75) is 12.8 Å². The lowest BCUT2D eigenvalue weighted by molar-refractivity contribution is -0.128. The van der Waals surface area contributed by atoms with Gasteiger partial charge in [0.1, 0.15) is 17.4 Å². The number of halogens is 2. The van der Waals surface area contributed by atoms with Crippen LogP contribution in [0.4, 0.5) is 14.5 Å². The second-order valence-corrected chi connectivity index (χ2v) is 7.36. The minimum Gasteiger partial charge on any atom is -0.497 e. The number of hydrogen-bond acceptors (Lipinski definition) is 3. The quantitative estimate of drug-likeness (QED) is 0.650. The molecule has 0 bridgehead atoms. The number of hydrogen-bond donors (Lipinski definition) is 2. The highest BCUT2D eigenvalue weighted by atomic mass is 19.1. The Morgan fingerprint density at radius 2 is 2.00 bits per heavy atom. The van der Waals surface area contributed by atoms with Crippen molar-refractivity contribution in [3.63, 3.8) is 0 Å². The number of carbonyl (C=O) groups excluding carboxylic acids is 2. The van der Waals surface area contributed by atoms with Crippen LogP contribution >= 0.6 is 0 Å². The molecule has 1 aliphatic rings. The van der Waals surface area contributed by atoms with Gasteiger partial charge >= 0.3 is 0 Å². The van der Waals surface area contributed by atoms with Crippen molar-refractivity contribution in [3.8, 4) is 5.75 Å². The lowest BCUT2D eigenvalue weighted by Crippen LogP contribution is -2.30. The Bertz CT molecular complexity index is 1090. The van der Waals surface area contributed by atoms with E-state index in [-0.39, 0.29) is 24.6 Å². The summed E-state index contributed by atoms with van der Waals surface area (Å²) in [7, 11) is 1.61. The van der Waals surface area contributed by atoms with Gasteiger partial charge in [-0.3, -0.25) is 9.59 Å². The molecule has 2 heterocycles. The Morgan fingerprint density at radius 3 is 2.73 bits per heavy atom. The van der Waals surface area contributed by atoms with Crippen LogP contribution in [0.1, 0.15) is 12.0 Å². The molecular formula is C22H21F2N3O3. The molecule has 0 unspecified atom stereocenters. The topological polar surface area (TPSA) is 74.4 Å². The van der Waals surface area contributed by atoms with E-state index in [1.807, 2.05) is 24.4 Å². The summed E-state index contributed by atoms with van der Waals surface area (Å²) in [5, 5.41) is 3.53. The van der Waals surface area contributed by atoms with Gasteiger partial charge in [0, 0.05) is 48.4 Å². The molecule has 1 aliphatic heterocycles. The monoisotopic (exact) mass is 413 g/mol. The number of methoxy groups -OCH3 is 1. The van der Waals surface area contributed by atoms with Gasteiger partial charge in [0.05, 0.1) is 13.0 Å². The zero-order chi connectivity index (χ0) is 21.3. The lowest BCUT2D eigenvalue weighted by atomic mass is 10.1. The molecule has 156 valence electrons. The van der Waals surface area contributed by atoms with Crippen LogP contribution in [0.5, 0.6) is 5.75 Å². The molecule has 6 nitrogen and oxygen atoms in total. The zero-order valence-electron chi connectivity index (χ0n) is 16.4. The molecule has 1 fully saturated rings. The van der Waals surface area contributed by atoms with E-state index >= 15 is 0 Å². The number of amides is 2. The number of fused-ring (bicyclic) bond motifs is 1. The summed E-state index contributed by atoms with van der Waals surface area (Å²) < 4.78 is 31.9. The normalized spacial score (nSPS) is 16.3. The number of ether oxygens (including phenoxy) is 1. The number of likely N-dealkylation sites (tertiary alicyclic amines) is 1. The van der Waals surface area contributed by atoms with Gasteiger partial charge in [0.2, 0.25) is 11.8 Å². The number of nitrogens with zero attached hydrogens (tertiary/aromatic N) is 1. The first-order valence-corrected chi connectivity index (χ1v) is 9.61. The van der Waals surface area contributed by atoms with Gasteiger partial charge in [0.15, 0.2) is 0 Å². The molecule has 0 saturated carbocycles. The summed E-state index contributed by atoms with van der Waals surface area (Å²) in [4.78, 5) is 29.7. The molecule has 1 saturated heterocycles. The molecule has 8 heteroatoms. The fourth-order valence-electron chi connectivity index (χ4n) is 3.78. The fourth-order valence-corrected chi connectivity index (χ4v) is 3.78. The van der Waals surface area contributed by atoms with Gasteiger partial charge in [0.25, 0.3) is 0 Å². The first kappa shape index (κ1) is 19.9. The number of aromatic nitrogens is 1. The first-order chi connectivity index (χ1) is 14.4. The van der Waals surface area contributed by atoms with Gasteiger partial charge in [-0.2, -0.15) is 0 Å².